The van der Waals surface area contributed by atoms with Gasteiger partial charge in [-0.2, -0.15) is 8.42 Å². The zero-order valence-corrected chi connectivity index (χ0v) is 20.1. The number of phenolic OH excluding ortho intramolecular Hbond substituents is 1. The van der Waals surface area contributed by atoms with E-state index in [2.05, 4.69) is 10.1 Å². The van der Waals surface area contributed by atoms with Crippen molar-refractivity contribution in [2.75, 3.05) is 16.5 Å². The van der Waals surface area contributed by atoms with E-state index in [0.29, 0.717) is 5.56 Å². The molecule has 3 rings (SSSR count). The number of aryl methyl sites for hydroxylation is 1. The molecule has 0 aliphatic heterocycles. The van der Waals surface area contributed by atoms with E-state index in [1.165, 1.54) is 42.5 Å². The minimum Gasteiger partial charge on any atom is -0.507 e. The van der Waals surface area contributed by atoms with E-state index in [0.717, 1.165) is 12.1 Å². The molecule has 3 aromatic carbocycles. The van der Waals surface area contributed by atoms with E-state index in [4.69, 9.17) is 16.3 Å². The molecule has 0 aliphatic carbocycles. The molecule has 0 fully saturated rings. The number of carbonyl (C=O) groups is 2. The highest BCUT2D eigenvalue weighted by molar-refractivity contribution is 7.92. The number of aromatic hydroxyl groups is 1. The van der Waals surface area contributed by atoms with Crippen molar-refractivity contribution in [2.24, 2.45) is 0 Å². The Kier molecular flexibility index (Phi) is 7.82. The Bertz CT molecular complexity index is 1340. The molecule has 0 atom stereocenters. The summed E-state index contributed by atoms with van der Waals surface area (Å²) in [5, 5.41) is 12.5. The zero-order valence-electron chi connectivity index (χ0n) is 18.5. The standard InChI is InChI=1S/C23H20ClFN2O7S/c1-3-33-23(30)22(29)26-15-11-14(2)21(18(24)12-15)34-17-9-10-19(28)20(13-17)35(31,32)27(25)16-7-5-4-6-8-16/h4-13,28H,3H2,1-2H3,(H,26,29). The van der Waals surface area contributed by atoms with Gasteiger partial charge in [-0.1, -0.05) is 38.8 Å². The van der Waals surface area contributed by atoms with Gasteiger partial charge in [-0.25, -0.2) is 4.79 Å². The van der Waals surface area contributed by atoms with Crippen LogP contribution in [0.1, 0.15) is 12.5 Å². The van der Waals surface area contributed by atoms with Crippen LogP contribution in [0, 0.1) is 6.92 Å². The number of rotatable bonds is 7. The van der Waals surface area contributed by atoms with Crippen molar-refractivity contribution >= 4 is 44.9 Å². The molecule has 0 unspecified atom stereocenters. The van der Waals surface area contributed by atoms with Crippen LogP contribution in [0.5, 0.6) is 17.2 Å². The van der Waals surface area contributed by atoms with E-state index >= 15 is 0 Å². The largest absolute Gasteiger partial charge is 0.507 e. The number of sulfonamides is 1. The summed E-state index contributed by atoms with van der Waals surface area (Å²) in [5.41, 5.74) is 0.367. The molecule has 184 valence electrons. The third-order valence-corrected chi connectivity index (χ3v) is 6.34. The number of hydrogen-bond acceptors (Lipinski definition) is 7. The number of hydrogen-bond donors (Lipinski definition) is 2. The number of anilines is 2. The lowest BCUT2D eigenvalue weighted by atomic mass is 10.2. The molecule has 0 aromatic heterocycles. The van der Waals surface area contributed by atoms with E-state index in [9.17, 15) is 27.6 Å². The normalized spacial score (nSPS) is 11.0. The van der Waals surface area contributed by atoms with Crippen molar-refractivity contribution in [3.8, 4) is 17.2 Å². The van der Waals surface area contributed by atoms with E-state index in [-0.39, 0.29) is 34.5 Å². The van der Waals surface area contributed by atoms with Crippen LogP contribution >= 0.6 is 11.6 Å². The van der Waals surface area contributed by atoms with Gasteiger partial charge in [0, 0.05) is 11.8 Å². The van der Waals surface area contributed by atoms with E-state index < -0.39 is 37.1 Å². The number of benzene rings is 3. The average Bonchev–Trinajstić information content (AvgIpc) is 2.82. The predicted molar refractivity (Wildman–Crippen MR) is 127 cm³/mol. The molecule has 1 amide bonds. The molecule has 0 spiro atoms. The van der Waals surface area contributed by atoms with Gasteiger partial charge >= 0.3 is 11.9 Å². The lowest BCUT2D eigenvalue weighted by molar-refractivity contribution is -0.152. The molecule has 0 radical (unpaired) electrons. The summed E-state index contributed by atoms with van der Waals surface area (Å²) in [6.07, 6.45) is 0. The molecule has 12 heteroatoms. The van der Waals surface area contributed by atoms with Crippen molar-refractivity contribution < 1.29 is 37.1 Å². The lowest BCUT2D eigenvalue weighted by Crippen LogP contribution is -2.25. The fourth-order valence-electron chi connectivity index (χ4n) is 2.96. The molecule has 0 saturated carbocycles. The third kappa shape index (κ3) is 5.81. The highest BCUT2D eigenvalue weighted by atomic mass is 35.5. The summed E-state index contributed by atoms with van der Waals surface area (Å²) < 4.78 is 50.1. The quantitative estimate of drug-likeness (QED) is 0.261. The van der Waals surface area contributed by atoms with Gasteiger partial charge in [-0.05, 0) is 55.8 Å². The fourth-order valence-corrected chi connectivity index (χ4v) is 4.44. The first-order valence-electron chi connectivity index (χ1n) is 10.1. The number of nitrogens with one attached hydrogen (secondary N) is 1. The second-order valence-corrected chi connectivity index (χ2v) is 9.18. The summed E-state index contributed by atoms with van der Waals surface area (Å²) in [4.78, 5) is 22.6. The SMILES string of the molecule is CCOC(=O)C(=O)Nc1cc(C)c(Oc2ccc(O)c(S(=O)(=O)N(F)c3ccccc3)c2)c(Cl)c1. The number of esters is 1. The van der Waals surface area contributed by atoms with E-state index in [1.807, 2.05) is 0 Å². The minimum atomic E-state index is -4.78. The number of halogens is 2. The van der Waals surface area contributed by atoms with Crippen molar-refractivity contribution in [3.63, 3.8) is 0 Å². The smallest absolute Gasteiger partial charge is 0.397 e. The molecule has 0 saturated heterocycles. The van der Waals surface area contributed by atoms with Crippen LogP contribution in [0.2, 0.25) is 5.02 Å². The van der Waals surface area contributed by atoms with Gasteiger partial charge in [0.2, 0.25) is 0 Å². The number of amides is 1. The highest BCUT2D eigenvalue weighted by Gasteiger charge is 2.29. The Morgan fingerprint density at radius 3 is 2.43 bits per heavy atom. The van der Waals surface area contributed by atoms with Crippen LogP contribution in [0.25, 0.3) is 0 Å². The van der Waals surface area contributed by atoms with Gasteiger partial charge in [-0.3, -0.25) is 4.79 Å². The Morgan fingerprint density at radius 2 is 1.80 bits per heavy atom. The molecule has 3 aromatic rings. The first kappa shape index (κ1) is 25.8. The van der Waals surface area contributed by atoms with Crippen molar-refractivity contribution in [3.05, 3.63) is 71.2 Å². The van der Waals surface area contributed by atoms with Gasteiger partial charge < -0.3 is 19.9 Å². The first-order chi connectivity index (χ1) is 16.5. The second-order valence-electron chi connectivity index (χ2n) is 7.07. The number of carbonyl (C=O) groups excluding carboxylic acids is 2. The molecule has 35 heavy (non-hydrogen) atoms. The monoisotopic (exact) mass is 522 g/mol. The van der Waals surface area contributed by atoms with Crippen molar-refractivity contribution in [1.29, 1.82) is 0 Å². The summed E-state index contributed by atoms with van der Waals surface area (Å²) in [6.45, 7) is 3.19. The molecule has 2 N–H and O–H groups in total. The Labute approximate surface area is 205 Å². The molecule has 0 bridgehead atoms. The maximum absolute atomic E-state index is 14.7. The second kappa shape index (κ2) is 10.6. The maximum atomic E-state index is 14.7. The molecular formula is C23H20ClFN2O7S. The summed E-state index contributed by atoms with van der Waals surface area (Å²) >= 11 is 6.27. The Balaban J connectivity index is 1.88. The van der Waals surface area contributed by atoms with Gasteiger partial charge in [0.05, 0.1) is 17.3 Å². The van der Waals surface area contributed by atoms with Crippen LogP contribution in [0.3, 0.4) is 0 Å². The van der Waals surface area contributed by atoms with Crippen LogP contribution in [0.4, 0.5) is 15.9 Å². The molecular weight excluding hydrogens is 503 g/mol. The predicted octanol–water partition coefficient (Wildman–Crippen LogP) is 4.73. The Morgan fingerprint density at radius 1 is 1.11 bits per heavy atom. The molecule has 9 nitrogen and oxygen atoms in total. The number of phenols is 1. The average molecular weight is 523 g/mol. The van der Waals surface area contributed by atoms with Crippen LogP contribution in [0.15, 0.2) is 65.6 Å². The summed E-state index contributed by atoms with van der Waals surface area (Å²) in [7, 11) is -4.78. The van der Waals surface area contributed by atoms with Crippen molar-refractivity contribution in [1.82, 2.24) is 0 Å². The van der Waals surface area contributed by atoms with Crippen molar-refractivity contribution in [2.45, 2.75) is 18.7 Å². The van der Waals surface area contributed by atoms with Gasteiger partial charge in [0.15, 0.2) is 0 Å². The maximum Gasteiger partial charge on any atom is 0.397 e. The lowest BCUT2D eigenvalue weighted by Gasteiger charge is -2.17. The summed E-state index contributed by atoms with van der Waals surface area (Å²) in [6, 6.07) is 13.1. The van der Waals surface area contributed by atoms with Crippen LogP contribution in [-0.4, -0.2) is 32.0 Å². The molecule has 0 heterocycles. The van der Waals surface area contributed by atoms with E-state index in [1.54, 1.807) is 19.9 Å². The Hall–Kier alpha value is -3.83. The van der Waals surface area contributed by atoms with Crippen LogP contribution in [-0.2, 0) is 24.3 Å². The van der Waals surface area contributed by atoms with Gasteiger partial charge in [-0.15, -0.1) is 0 Å². The van der Waals surface area contributed by atoms with Gasteiger partial charge in [0.1, 0.15) is 22.1 Å². The first-order valence-corrected chi connectivity index (χ1v) is 11.9. The molecule has 0 aliphatic rings. The minimum absolute atomic E-state index is 0.0260. The number of para-hydroxylation sites is 1. The summed E-state index contributed by atoms with van der Waals surface area (Å²) in [5.74, 6) is -2.68. The van der Waals surface area contributed by atoms with Gasteiger partial charge in [0.25, 0.3) is 10.0 Å². The highest BCUT2D eigenvalue weighted by Crippen LogP contribution is 2.38. The topological polar surface area (TPSA) is 122 Å². The van der Waals surface area contributed by atoms with Crippen LogP contribution < -0.4 is 14.6 Å². The number of nitrogens with zero attached hydrogens (tertiary/aromatic N) is 1. The third-order valence-electron chi connectivity index (χ3n) is 4.55. The fraction of sp³-hybridized carbons (Fsp3) is 0.130. The zero-order chi connectivity index (χ0) is 25.8. The number of ether oxygens (including phenoxy) is 2.